The third-order valence-electron chi connectivity index (χ3n) is 11.0. The number of thioether (sulfide) groups is 1. The Hall–Kier alpha value is -6.89. The molecule has 10 nitrogen and oxygen atoms in total. The molecule has 0 fully saturated rings. The maximum absolute atomic E-state index is 15.8. The van der Waals surface area contributed by atoms with Crippen molar-refractivity contribution in [1.29, 1.82) is 0 Å². The van der Waals surface area contributed by atoms with Crippen LogP contribution in [0.25, 0.3) is 22.0 Å². The Labute approximate surface area is 358 Å². The number of carboxylic acids is 1. The molecule has 0 spiro atoms. The monoisotopic (exact) mass is 845 g/mol. The average molecular weight is 846 g/mol. The zero-order valence-electron chi connectivity index (χ0n) is 33.2. The smallest absolute Gasteiger partial charge is 0.326 e. The lowest BCUT2D eigenvalue weighted by atomic mass is 9.63. The molecule has 0 radical (unpaired) electrons. The van der Waals surface area contributed by atoms with Crippen LogP contribution >= 0.6 is 11.8 Å². The van der Waals surface area contributed by atoms with Crippen LogP contribution in [0.3, 0.4) is 0 Å². The summed E-state index contributed by atoms with van der Waals surface area (Å²) in [4.78, 5) is 37.6. The summed E-state index contributed by atoms with van der Waals surface area (Å²) in [6, 6.07) is 50.5. The minimum absolute atomic E-state index is 0.0741. The highest BCUT2D eigenvalue weighted by Crippen LogP contribution is 2.53. The number of carboxylic acid groups (broad SMARTS) is 1. The number of aliphatic carboxylic acids is 1. The van der Waals surface area contributed by atoms with Crippen LogP contribution in [0.4, 0.5) is 5.69 Å². The predicted molar refractivity (Wildman–Crippen MR) is 242 cm³/mol. The molecule has 1 amide bonds. The highest BCUT2D eigenvalue weighted by atomic mass is 32.2. The van der Waals surface area contributed by atoms with Crippen molar-refractivity contribution in [2.24, 2.45) is 0 Å². The van der Waals surface area contributed by atoms with Gasteiger partial charge in [0.2, 0.25) is 0 Å². The van der Waals surface area contributed by atoms with Crippen molar-refractivity contribution in [1.82, 2.24) is 20.3 Å². The number of imidazole rings is 1. The van der Waals surface area contributed by atoms with Crippen molar-refractivity contribution in [2.45, 2.75) is 28.8 Å². The number of carbonyl (C=O) groups excluding carboxylic acids is 1. The molecule has 2 heterocycles. The van der Waals surface area contributed by atoms with Gasteiger partial charge in [-0.15, -0.1) is 0 Å². The molecule has 1 unspecified atom stereocenters. The number of benzene rings is 6. The maximum atomic E-state index is 15.8. The largest absolute Gasteiger partial charge is 0.480 e. The lowest BCUT2D eigenvalue weighted by Gasteiger charge is -2.47. The summed E-state index contributed by atoms with van der Waals surface area (Å²) in [5.74, 6) is -1.18. The number of anilines is 1. The molecule has 12 heteroatoms. The molecule has 0 aliphatic carbocycles. The van der Waals surface area contributed by atoms with Crippen LogP contribution in [-0.2, 0) is 20.2 Å². The second-order valence-electron chi connectivity index (χ2n) is 14.5. The molecule has 0 aliphatic rings. The molecule has 8 aromatic rings. The highest BCUT2D eigenvalue weighted by molar-refractivity contribution is 7.98. The number of hydrogen-bond donors (Lipinski definition) is 4. The van der Waals surface area contributed by atoms with Crippen LogP contribution in [0, 0.1) is 0 Å². The first kappa shape index (κ1) is 40.9. The molecule has 4 N–H and O–H groups in total. The van der Waals surface area contributed by atoms with Gasteiger partial charge in [0.25, 0.3) is 15.9 Å². The van der Waals surface area contributed by atoms with E-state index in [0.29, 0.717) is 39.2 Å². The summed E-state index contributed by atoms with van der Waals surface area (Å²) < 4.78 is 33.2. The number of sulfonamides is 1. The number of fused-ring (bicyclic) bond motifs is 1. The normalized spacial score (nSPS) is 12.7. The fourth-order valence-corrected chi connectivity index (χ4v) is 10.4. The van der Waals surface area contributed by atoms with Crippen LogP contribution in [-0.4, -0.2) is 58.4 Å². The second kappa shape index (κ2) is 17.8. The van der Waals surface area contributed by atoms with E-state index in [0.717, 1.165) is 16.7 Å². The van der Waals surface area contributed by atoms with Gasteiger partial charge in [0.05, 0.1) is 34.2 Å². The van der Waals surface area contributed by atoms with Crippen LogP contribution in [0.5, 0.6) is 0 Å². The molecule has 6 aromatic carbocycles. The van der Waals surface area contributed by atoms with E-state index in [4.69, 9.17) is 0 Å². The van der Waals surface area contributed by atoms with Gasteiger partial charge in [0.15, 0.2) is 0 Å². The summed E-state index contributed by atoms with van der Waals surface area (Å²) in [5, 5.41) is 13.3. The van der Waals surface area contributed by atoms with Crippen LogP contribution in [0.1, 0.15) is 45.3 Å². The van der Waals surface area contributed by atoms with Crippen molar-refractivity contribution in [3.05, 3.63) is 210 Å². The van der Waals surface area contributed by atoms with Gasteiger partial charge in [-0.3, -0.25) is 9.10 Å². The summed E-state index contributed by atoms with van der Waals surface area (Å²) >= 11 is 1.49. The Bertz CT molecular complexity index is 2740. The van der Waals surface area contributed by atoms with Crippen LogP contribution < -0.4 is 9.62 Å². The molecule has 2 aromatic heterocycles. The SMILES string of the molecule is CSCC[C@H](NC(=O)c1[nH]c2ccc(N(C(c3cnc[nH]3)C(c3ccccc3)(c3ccccc3)c3ccccc3)S(=O)(=O)c3ccccc3)cc2c1-c1ccccc1)C(=O)O. The molecule has 0 saturated heterocycles. The first-order valence-electron chi connectivity index (χ1n) is 19.7. The first-order chi connectivity index (χ1) is 29.7. The summed E-state index contributed by atoms with van der Waals surface area (Å²) in [7, 11) is -4.45. The van der Waals surface area contributed by atoms with Gasteiger partial charge >= 0.3 is 5.97 Å². The Balaban J connectivity index is 1.46. The number of hydrogen-bond acceptors (Lipinski definition) is 6. The Morgan fingerprint density at radius 2 is 1.31 bits per heavy atom. The van der Waals surface area contributed by atoms with Gasteiger partial charge in [-0.1, -0.05) is 140 Å². The topological polar surface area (TPSA) is 148 Å². The zero-order chi connectivity index (χ0) is 42.4. The van der Waals surface area contributed by atoms with Gasteiger partial charge in [0, 0.05) is 16.5 Å². The standard InChI is InChI=1S/C49H43N5O5S2/c1-60-30-29-42(48(56)57)53-47(55)45-44(34-17-7-2-8-18-34)40-31-38(27-28-41(40)52-45)54(61(58,59)39-25-15-6-16-26-39)46(43-32-50-33-51-43)49(35-19-9-3-10-20-35,36-21-11-4-12-22-36)37-23-13-5-14-24-37/h2-28,31-33,42,46,52H,29-30H2,1H3,(H,50,51)(H,53,55)(H,56,57)/t42-,46?/m0/s1. The fraction of sp³-hybridized carbons (Fsp3) is 0.122. The number of aromatic amines is 2. The third kappa shape index (κ3) is 7.83. The number of H-pyrrole nitrogens is 2. The minimum atomic E-state index is -4.45. The second-order valence-corrected chi connectivity index (χ2v) is 17.3. The molecule has 8 rings (SSSR count). The summed E-state index contributed by atoms with van der Waals surface area (Å²) in [6.07, 6.45) is 5.34. The van der Waals surface area contributed by atoms with Crippen molar-refractivity contribution in [3.63, 3.8) is 0 Å². The molecule has 2 atom stereocenters. The number of carbonyl (C=O) groups is 2. The summed E-state index contributed by atoms with van der Waals surface area (Å²) in [5.41, 5.74) is 4.03. The highest BCUT2D eigenvalue weighted by Gasteiger charge is 2.51. The Morgan fingerprint density at radius 3 is 1.82 bits per heavy atom. The van der Waals surface area contributed by atoms with E-state index < -0.39 is 39.4 Å². The quantitative estimate of drug-likeness (QED) is 0.0709. The van der Waals surface area contributed by atoms with E-state index in [-0.39, 0.29) is 17.0 Å². The molecule has 0 saturated carbocycles. The summed E-state index contributed by atoms with van der Waals surface area (Å²) in [6.45, 7) is 0. The minimum Gasteiger partial charge on any atom is -0.480 e. The lowest BCUT2D eigenvalue weighted by Crippen LogP contribution is -2.48. The number of nitrogens with one attached hydrogen (secondary N) is 3. The average Bonchev–Trinajstić information content (AvgIpc) is 3.98. The Morgan fingerprint density at radius 1 is 0.770 bits per heavy atom. The van der Waals surface area contributed by atoms with E-state index in [9.17, 15) is 14.7 Å². The third-order valence-corrected chi connectivity index (χ3v) is 13.4. The lowest BCUT2D eigenvalue weighted by molar-refractivity contribution is -0.139. The van der Waals surface area contributed by atoms with E-state index >= 15 is 8.42 Å². The fourth-order valence-electron chi connectivity index (χ4n) is 8.28. The number of amides is 1. The molecule has 61 heavy (non-hydrogen) atoms. The van der Waals surface area contributed by atoms with Gasteiger partial charge in [-0.2, -0.15) is 11.8 Å². The van der Waals surface area contributed by atoms with Crippen molar-refractivity contribution in [3.8, 4) is 11.1 Å². The number of rotatable bonds is 16. The van der Waals surface area contributed by atoms with Gasteiger partial charge in [0.1, 0.15) is 17.8 Å². The van der Waals surface area contributed by atoms with Gasteiger partial charge in [-0.25, -0.2) is 18.2 Å². The van der Waals surface area contributed by atoms with Crippen LogP contribution in [0.2, 0.25) is 0 Å². The van der Waals surface area contributed by atoms with Crippen LogP contribution in [0.15, 0.2) is 187 Å². The van der Waals surface area contributed by atoms with E-state index in [1.54, 1.807) is 61.1 Å². The molecule has 0 aliphatic heterocycles. The zero-order valence-corrected chi connectivity index (χ0v) is 34.8. The Kier molecular flexibility index (Phi) is 11.9. The number of nitrogens with zero attached hydrogens (tertiary/aromatic N) is 2. The van der Waals surface area contributed by atoms with Gasteiger partial charge < -0.3 is 20.4 Å². The van der Waals surface area contributed by atoms with E-state index in [1.807, 2.05) is 128 Å². The first-order valence-corrected chi connectivity index (χ1v) is 22.6. The molecule has 306 valence electrons. The molecule has 0 bridgehead atoms. The van der Waals surface area contributed by atoms with Gasteiger partial charge in [-0.05, 0) is 71.0 Å². The molecular formula is C49H43N5O5S2. The number of aromatic nitrogens is 3. The molecular weight excluding hydrogens is 803 g/mol. The van der Waals surface area contributed by atoms with Crippen molar-refractivity contribution in [2.75, 3.05) is 16.3 Å². The predicted octanol–water partition coefficient (Wildman–Crippen LogP) is 9.47. The van der Waals surface area contributed by atoms with Crippen molar-refractivity contribution >= 4 is 50.3 Å². The maximum Gasteiger partial charge on any atom is 0.326 e. The van der Waals surface area contributed by atoms with E-state index in [1.165, 1.54) is 16.1 Å². The van der Waals surface area contributed by atoms with E-state index in [2.05, 4.69) is 20.3 Å². The van der Waals surface area contributed by atoms with Crippen molar-refractivity contribution < 1.29 is 23.1 Å².